The number of hydrogen-bond acceptors (Lipinski definition) is 7. The van der Waals surface area contributed by atoms with Crippen LogP contribution in [0.1, 0.15) is 28.7 Å². The summed E-state index contributed by atoms with van der Waals surface area (Å²) >= 11 is 0. The van der Waals surface area contributed by atoms with Gasteiger partial charge in [0.05, 0.1) is 39.5 Å². The number of hydrazine groups is 1. The first kappa shape index (κ1) is 32.2. The van der Waals surface area contributed by atoms with Gasteiger partial charge in [-0.15, -0.1) is 0 Å². The molecule has 0 saturated carbocycles. The Morgan fingerprint density at radius 2 is 1.30 bits per heavy atom. The number of carbonyl (C=O) groups excluding carboxylic acids is 2. The molecule has 0 unspecified atom stereocenters. The summed E-state index contributed by atoms with van der Waals surface area (Å²) in [6.45, 7) is -0.0559. The fraction of sp³-hybridized carbons (Fsp3) is 0.278. The number of phenolic OH excluding ortho intramolecular Hbond substituents is 2. The molecule has 0 aromatic heterocycles. The lowest BCUT2D eigenvalue weighted by atomic mass is 9.99. The maximum absolute atomic E-state index is 14.7. The third-order valence-corrected chi connectivity index (χ3v) is 8.18. The smallest absolute Gasteiger partial charge is 0.339 e. The molecule has 0 bridgehead atoms. The van der Waals surface area contributed by atoms with Crippen molar-refractivity contribution in [1.82, 2.24) is 14.9 Å². The molecule has 1 aliphatic rings. The van der Waals surface area contributed by atoms with Gasteiger partial charge in [0.1, 0.15) is 0 Å². The van der Waals surface area contributed by atoms with Crippen molar-refractivity contribution in [1.29, 1.82) is 0 Å². The summed E-state index contributed by atoms with van der Waals surface area (Å²) in [5, 5.41) is 34.9. The molecule has 240 valence electrons. The van der Waals surface area contributed by atoms with Crippen molar-refractivity contribution in [3.05, 3.63) is 119 Å². The van der Waals surface area contributed by atoms with Crippen molar-refractivity contribution >= 4 is 11.9 Å². The van der Waals surface area contributed by atoms with Crippen LogP contribution >= 0.6 is 0 Å². The molecule has 4 aromatic carbocycles. The molecule has 0 aliphatic carbocycles. The van der Waals surface area contributed by atoms with E-state index < -0.39 is 18.2 Å². The first-order valence-corrected chi connectivity index (χ1v) is 15.1. The van der Waals surface area contributed by atoms with Gasteiger partial charge in [-0.1, -0.05) is 72.8 Å². The van der Waals surface area contributed by atoms with Crippen LogP contribution in [0.15, 0.2) is 97.1 Å². The summed E-state index contributed by atoms with van der Waals surface area (Å²) in [5.74, 6) is 0.0916. The quantitative estimate of drug-likeness (QED) is 0.217. The number of aliphatic hydroxyl groups excluding tert-OH is 1. The third-order valence-electron chi connectivity index (χ3n) is 8.18. The first-order valence-electron chi connectivity index (χ1n) is 15.1. The number of rotatable bonds is 11. The molecule has 1 aliphatic heterocycles. The van der Waals surface area contributed by atoms with Crippen LogP contribution < -0.4 is 9.47 Å². The Labute approximate surface area is 268 Å². The lowest BCUT2D eigenvalue weighted by Gasteiger charge is -2.36. The molecule has 1 saturated heterocycles. The molecular weight excluding hydrogens is 586 g/mol. The molecule has 2 atom stereocenters. The maximum atomic E-state index is 14.7. The zero-order valence-corrected chi connectivity index (χ0v) is 26.0. The summed E-state index contributed by atoms with van der Waals surface area (Å²) in [4.78, 5) is 30.2. The van der Waals surface area contributed by atoms with E-state index in [1.54, 1.807) is 29.2 Å². The Bertz CT molecular complexity index is 1630. The molecule has 10 heteroatoms. The molecule has 1 heterocycles. The van der Waals surface area contributed by atoms with E-state index in [4.69, 9.17) is 9.47 Å². The van der Waals surface area contributed by atoms with E-state index in [2.05, 4.69) is 0 Å². The molecule has 10 nitrogen and oxygen atoms in total. The third kappa shape index (κ3) is 7.52. The van der Waals surface area contributed by atoms with Crippen LogP contribution in [0.5, 0.6) is 23.0 Å². The largest absolute Gasteiger partial charge is 0.504 e. The van der Waals surface area contributed by atoms with Crippen molar-refractivity contribution < 1.29 is 34.4 Å². The van der Waals surface area contributed by atoms with Crippen LogP contribution in [0.4, 0.5) is 4.79 Å². The van der Waals surface area contributed by atoms with Crippen LogP contribution in [-0.4, -0.2) is 75.1 Å². The fourth-order valence-corrected chi connectivity index (χ4v) is 5.71. The van der Waals surface area contributed by atoms with Gasteiger partial charge < -0.3 is 29.7 Å². The van der Waals surface area contributed by atoms with E-state index in [-0.39, 0.29) is 55.0 Å². The second kappa shape index (κ2) is 14.7. The van der Waals surface area contributed by atoms with Crippen molar-refractivity contribution in [2.45, 2.75) is 44.5 Å². The van der Waals surface area contributed by atoms with Gasteiger partial charge in [0.15, 0.2) is 23.0 Å². The Balaban J connectivity index is 1.55. The molecular formula is C36H39N3O7. The van der Waals surface area contributed by atoms with E-state index in [9.17, 15) is 24.9 Å². The molecule has 3 N–H and O–H groups in total. The van der Waals surface area contributed by atoms with Crippen LogP contribution in [0, 0.1) is 0 Å². The van der Waals surface area contributed by atoms with Crippen molar-refractivity contribution in [3.8, 4) is 23.0 Å². The van der Waals surface area contributed by atoms with Gasteiger partial charge >= 0.3 is 6.03 Å². The minimum absolute atomic E-state index is 0.0211. The summed E-state index contributed by atoms with van der Waals surface area (Å²) in [6.07, 6.45) is -0.164. The molecule has 5 rings (SSSR count). The van der Waals surface area contributed by atoms with E-state index in [0.29, 0.717) is 24.0 Å². The lowest BCUT2D eigenvalue weighted by molar-refractivity contribution is -0.147. The van der Waals surface area contributed by atoms with Gasteiger partial charge in [0.25, 0.3) is 0 Å². The standard InChI is InChI=1S/C36H39N3O7/c1-45-33-20-27(13-16-30(33)40)22-37-29(19-26-11-7-4-8-12-26)32(42)24-38(35(43)18-15-25-9-5-3-6-10-25)39(36(37)44)23-28-14-17-31(41)34(21-28)46-2/h3-14,16-17,20-21,29,32,40-42H,15,18-19,22-24H2,1-2H3/t29-,32-/m1/s1. The molecule has 4 aromatic rings. The number of nitrogens with zero attached hydrogens (tertiary/aromatic N) is 3. The monoisotopic (exact) mass is 625 g/mol. The van der Waals surface area contributed by atoms with Gasteiger partial charge in [-0.2, -0.15) is 0 Å². The second-order valence-electron chi connectivity index (χ2n) is 11.3. The van der Waals surface area contributed by atoms with Crippen molar-refractivity contribution in [2.24, 2.45) is 0 Å². The molecule has 3 amide bonds. The number of carbonyl (C=O) groups is 2. The van der Waals surface area contributed by atoms with Gasteiger partial charge in [-0.05, 0) is 59.4 Å². The Morgan fingerprint density at radius 1 is 0.761 bits per heavy atom. The highest BCUT2D eigenvalue weighted by atomic mass is 16.5. The number of aromatic hydroxyl groups is 2. The van der Waals surface area contributed by atoms with E-state index in [1.807, 2.05) is 60.7 Å². The van der Waals surface area contributed by atoms with Crippen molar-refractivity contribution in [3.63, 3.8) is 0 Å². The second-order valence-corrected chi connectivity index (χ2v) is 11.3. The zero-order chi connectivity index (χ0) is 32.6. The topological polar surface area (TPSA) is 123 Å². The first-order chi connectivity index (χ1) is 22.3. The summed E-state index contributed by atoms with van der Waals surface area (Å²) in [6, 6.07) is 27.6. The Morgan fingerprint density at radius 3 is 1.87 bits per heavy atom. The number of aliphatic hydroxyl groups is 1. The summed E-state index contributed by atoms with van der Waals surface area (Å²) < 4.78 is 10.6. The Hall–Kier alpha value is -5.22. The van der Waals surface area contributed by atoms with Gasteiger partial charge in [-0.25, -0.2) is 14.8 Å². The minimum atomic E-state index is -1.09. The number of ether oxygens (including phenoxy) is 2. The minimum Gasteiger partial charge on any atom is -0.504 e. The van der Waals surface area contributed by atoms with Crippen LogP contribution in [0.3, 0.4) is 0 Å². The number of benzene rings is 4. The maximum Gasteiger partial charge on any atom is 0.339 e. The predicted octanol–water partition coefficient (Wildman–Crippen LogP) is 4.90. The molecule has 0 radical (unpaired) electrons. The number of aryl methyl sites for hydroxylation is 1. The summed E-state index contributed by atoms with van der Waals surface area (Å²) in [7, 11) is 2.89. The average molecular weight is 626 g/mol. The lowest BCUT2D eigenvalue weighted by Crippen LogP contribution is -2.52. The number of amides is 3. The average Bonchev–Trinajstić information content (AvgIpc) is 3.16. The van der Waals surface area contributed by atoms with E-state index in [1.165, 1.54) is 36.4 Å². The van der Waals surface area contributed by atoms with E-state index >= 15 is 0 Å². The van der Waals surface area contributed by atoms with Crippen molar-refractivity contribution in [2.75, 3.05) is 20.8 Å². The highest BCUT2D eigenvalue weighted by Crippen LogP contribution is 2.31. The van der Waals surface area contributed by atoms with E-state index in [0.717, 1.165) is 11.1 Å². The SMILES string of the molecule is COc1cc(CN2C(=O)N(Cc3ccc(O)c(OC)c3)N(C(=O)CCc3ccccc3)C[C@@H](O)[C@H]2Cc2ccccc2)ccc1O. The van der Waals surface area contributed by atoms with Gasteiger partial charge in [0, 0.05) is 13.0 Å². The van der Waals surface area contributed by atoms with Gasteiger partial charge in [-0.3, -0.25) is 4.79 Å². The molecule has 46 heavy (non-hydrogen) atoms. The number of hydrogen-bond donors (Lipinski definition) is 3. The van der Waals surface area contributed by atoms with Crippen LogP contribution in [0.2, 0.25) is 0 Å². The highest BCUT2D eigenvalue weighted by Gasteiger charge is 2.42. The highest BCUT2D eigenvalue weighted by molar-refractivity contribution is 5.82. The number of methoxy groups -OCH3 is 2. The predicted molar refractivity (Wildman–Crippen MR) is 172 cm³/mol. The summed E-state index contributed by atoms with van der Waals surface area (Å²) in [5.41, 5.74) is 3.19. The normalized spacial score (nSPS) is 16.7. The number of urea groups is 1. The number of β-amino-alcohol motifs (C(OH)–C–C–N with tert-alkyl or cyclic N) is 1. The van der Waals surface area contributed by atoms with Crippen LogP contribution in [-0.2, 0) is 30.7 Å². The zero-order valence-electron chi connectivity index (χ0n) is 26.0. The van der Waals surface area contributed by atoms with Crippen LogP contribution in [0.25, 0.3) is 0 Å². The number of phenols is 2. The Kier molecular flexibility index (Phi) is 10.3. The molecule has 0 spiro atoms. The van der Waals surface area contributed by atoms with Gasteiger partial charge in [0.2, 0.25) is 5.91 Å². The fourth-order valence-electron chi connectivity index (χ4n) is 5.71. The molecule has 1 fully saturated rings.